The van der Waals surface area contributed by atoms with Gasteiger partial charge in [-0.3, -0.25) is 10.1 Å². The van der Waals surface area contributed by atoms with Crippen LogP contribution in [0.1, 0.15) is 16.7 Å². The molecule has 104 valence electrons. The Hall–Kier alpha value is -2.40. The highest BCUT2D eigenvalue weighted by molar-refractivity contribution is 5.51. The quantitative estimate of drug-likeness (QED) is 0.683. The number of nitro benzene ring substituents is 1. The summed E-state index contributed by atoms with van der Waals surface area (Å²) >= 11 is 0. The second kappa shape index (κ2) is 5.71. The highest BCUT2D eigenvalue weighted by Crippen LogP contribution is 2.33. The fraction of sp³-hybridized carbons (Fsp3) is 0.200. The Kier molecular flexibility index (Phi) is 4.00. The number of rotatable bonds is 4. The lowest BCUT2D eigenvalue weighted by molar-refractivity contribution is -0.385. The summed E-state index contributed by atoms with van der Waals surface area (Å²) in [6.07, 6.45) is 0. The summed E-state index contributed by atoms with van der Waals surface area (Å²) in [4.78, 5) is 10.5. The summed E-state index contributed by atoms with van der Waals surface area (Å²) in [5, 5.41) is 20.1. The molecule has 0 heterocycles. The van der Waals surface area contributed by atoms with Crippen LogP contribution in [-0.4, -0.2) is 10.0 Å². The summed E-state index contributed by atoms with van der Waals surface area (Å²) in [6, 6.07) is 10.0. The Morgan fingerprint density at radius 1 is 1.15 bits per heavy atom. The van der Waals surface area contributed by atoms with Crippen LogP contribution < -0.4 is 4.74 Å². The minimum atomic E-state index is -0.516. The first-order chi connectivity index (χ1) is 9.51. The number of nitro groups is 1. The maximum atomic E-state index is 11.1. The van der Waals surface area contributed by atoms with Gasteiger partial charge in [0.25, 0.3) is 0 Å². The standard InChI is InChI=1S/C15H15NO4/c1-10-3-5-14(11(2)7-10)20-15-6-4-12(9-17)8-13(15)16(18)19/h3-8,17H,9H2,1-2H3. The number of benzene rings is 2. The summed E-state index contributed by atoms with van der Waals surface area (Å²) in [5.74, 6) is 0.745. The average Bonchev–Trinajstić information content (AvgIpc) is 2.42. The molecule has 0 saturated heterocycles. The Morgan fingerprint density at radius 3 is 2.45 bits per heavy atom. The molecule has 0 aliphatic carbocycles. The molecule has 20 heavy (non-hydrogen) atoms. The van der Waals surface area contributed by atoms with Gasteiger partial charge in [-0.15, -0.1) is 0 Å². The van der Waals surface area contributed by atoms with Crippen LogP contribution in [0.4, 0.5) is 5.69 Å². The SMILES string of the molecule is Cc1ccc(Oc2ccc(CO)cc2[N+](=O)[O-])c(C)c1. The van der Waals surface area contributed by atoms with Crippen LogP contribution in [0, 0.1) is 24.0 Å². The van der Waals surface area contributed by atoms with Gasteiger partial charge < -0.3 is 9.84 Å². The lowest BCUT2D eigenvalue weighted by Gasteiger charge is -2.10. The van der Waals surface area contributed by atoms with Gasteiger partial charge in [0.1, 0.15) is 5.75 Å². The van der Waals surface area contributed by atoms with Gasteiger partial charge in [-0.05, 0) is 37.1 Å². The first-order valence-corrected chi connectivity index (χ1v) is 6.14. The highest BCUT2D eigenvalue weighted by atomic mass is 16.6. The molecule has 2 rings (SSSR count). The molecule has 0 atom stereocenters. The molecule has 2 aromatic carbocycles. The van der Waals surface area contributed by atoms with Gasteiger partial charge in [0, 0.05) is 6.07 Å². The number of aliphatic hydroxyl groups excluding tert-OH is 1. The Balaban J connectivity index is 2.40. The van der Waals surface area contributed by atoms with Crippen LogP contribution in [0.5, 0.6) is 11.5 Å². The van der Waals surface area contributed by atoms with Crippen molar-refractivity contribution < 1.29 is 14.8 Å². The number of ether oxygens (including phenoxy) is 1. The number of aryl methyl sites for hydroxylation is 2. The second-order valence-corrected chi connectivity index (χ2v) is 4.59. The molecule has 2 aromatic rings. The smallest absolute Gasteiger partial charge is 0.311 e. The van der Waals surface area contributed by atoms with Crippen LogP contribution in [0.25, 0.3) is 0 Å². The molecule has 1 N–H and O–H groups in total. The zero-order valence-corrected chi connectivity index (χ0v) is 11.3. The van der Waals surface area contributed by atoms with Crippen molar-refractivity contribution in [2.45, 2.75) is 20.5 Å². The Labute approximate surface area is 116 Å². The van der Waals surface area contributed by atoms with E-state index in [1.807, 2.05) is 26.0 Å². The van der Waals surface area contributed by atoms with Crippen LogP contribution in [0.3, 0.4) is 0 Å². The fourth-order valence-corrected chi connectivity index (χ4v) is 1.92. The van der Waals surface area contributed by atoms with E-state index in [0.29, 0.717) is 11.3 Å². The zero-order chi connectivity index (χ0) is 14.7. The molecular formula is C15H15NO4. The van der Waals surface area contributed by atoms with Crippen molar-refractivity contribution in [1.29, 1.82) is 0 Å². The van der Waals surface area contributed by atoms with Gasteiger partial charge in [-0.1, -0.05) is 23.8 Å². The van der Waals surface area contributed by atoms with Crippen molar-refractivity contribution in [3.05, 3.63) is 63.2 Å². The molecule has 0 radical (unpaired) electrons. The fourth-order valence-electron chi connectivity index (χ4n) is 1.92. The molecule has 5 nitrogen and oxygen atoms in total. The third-order valence-electron chi connectivity index (χ3n) is 2.95. The minimum absolute atomic E-state index is 0.156. The first kappa shape index (κ1) is 14.0. The molecule has 0 saturated carbocycles. The summed E-state index contributed by atoms with van der Waals surface area (Å²) < 4.78 is 5.63. The Bertz CT molecular complexity index is 652. The lowest BCUT2D eigenvalue weighted by Crippen LogP contribution is -1.96. The van der Waals surface area contributed by atoms with Crippen LogP contribution >= 0.6 is 0 Å². The van der Waals surface area contributed by atoms with Crippen molar-refractivity contribution in [3.8, 4) is 11.5 Å². The third kappa shape index (κ3) is 2.95. The minimum Gasteiger partial charge on any atom is -0.450 e. The number of nitrogens with zero attached hydrogens (tertiary/aromatic N) is 1. The molecule has 0 aromatic heterocycles. The molecule has 0 amide bonds. The zero-order valence-electron chi connectivity index (χ0n) is 11.3. The highest BCUT2D eigenvalue weighted by Gasteiger charge is 2.17. The summed E-state index contributed by atoms with van der Waals surface area (Å²) in [7, 11) is 0. The van der Waals surface area contributed by atoms with E-state index in [1.54, 1.807) is 12.1 Å². The van der Waals surface area contributed by atoms with Gasteiger partial charge in [0.05, 0.1) is 11.5 Å². The van der Waals surface area contributed by atoms with Gasteiger partial charge >= 0.3 is 5.69 Å². The molecular weight excluding hydrogens is 258 g/mol. The van der Waals surface area contributed by atoms with Crippen molar-refractivity contribution in [2.24, 2.45) is 0 Å². The van der Waals surface area contributed by atoms with Gasteiger partial charge in [0.2, 0.25) is 5.75 Å². The van der Waals surface area contributed by atoms with Gasteiger partial charge in [0.15, 0.2) is 0 Å². The van der Waals surface area contributed by atoms with Crippen molar-refractivity contribution >= 4 is 5.69 Å². The number of hydrogen-bond donors (Lipinski definition) is 1. The van der Waals surface area contributed by atoms with Crippen molar-refractivity contribution in [3.63, 3.8) is 0 Å². The van der Waals surface area contributed by atoms with Crippen molar-refractivity contribution in [2.75, 3.05) is 0 Å². The van der Waals surface area contributed by atoms with E-state index in [2.05, 4.69) is 0 Å². The molecule has 5 heteroatoms. The van der Waals surface area contributed by atoms with E-state index in [1.165, 1.54) is 12.1 Å². The monoisotopic (exact) mass is 273 g/mol. The van der Waals surface area contributed by atoms with Crippen LogP contribution in [0.2, 0.25) is 0 Å². The summed E-state index contributed by atoms with van der Waals surface area (Å²) in [5.41, 5.74) is 2.33. The molecule has 0 fully saturated rings. The third-order valence-corrected chi connectivity index (χ3v) is 2.95. The predicted octanol–water partition coefficient (Wildman–Crippen LogP) is 3.50. The summed E-state index contributed by atoms with van der Waals surface area (Å²) in [6.45, 7) is 3.61. The van der Waals surface area contributed by atoms with E-state index in [4.69, 9.17) is 9.84 Å². The van der Waals surface area contributed by atoms with E-state index >= 15 is 0 Å². The van der Waals surface area contributed by atoms with Gasteiger partial charge in [-0.25, -0.2) is 0 Å². The van der Waals surface area contributed by atoms with Gasteiger partial charge in [-0.2, -0.15) is 0 Å². The lowest BCUT2D eigenvalue weighted by atomic mass is 10.1. The van der Waals surface area contributed by atoms with Crippen LogP contribution in [-0.2, 0) is 6.61 Å². The van der Waals surface area contributed by atoms with E-state index in [0.717, 1.165) is 11.1 Å². The molecule has 0 bridgehead atoms. The number of aliphatic hydroxyl groups is 1. The van der Waals surface area contributed by atoms with E-state index in [-0.39, 0.29) is 18.0 Å². The molecule has 0 aliphatic heterocycles. The van der Waals surface area contributed by atoms with Crippen LogP contribution in [0.15, 0.2) is 36.4 Å². The first-order valence-electron chi connectivity index (χ1n) is 6.14. The topological polar surface area (TPSA) is 72.6 Å². The van der Waals surface area contributed by atoms with Crippen molar-refractivity contribution in [1.82, 2.24) is 0 Å². The molecule has 0 aliphatic rings. The Morgan fingerprint density at radius 2 is 1.85 bits per heavy atom. The second-order valence-electron chi connectivity index (χ2n) is 4.59. The maximum absolute atomic E-state index is 11.1. The largest absolute Gasteiger partial charge is 0.450 e. The molecule has 0 unspecified atom stereocenters. The average molecular weight is 273 g/mol. The molecule has 0 spiro atoms. The van der Waals surface area contributed by atoms with E-state index in [9.17, 15) is 10.1 Å². The number of hydrogen-bond acceptors (Lipinski definition) is 4. The maximum Gasteiger partial charge on any atom is 0.311 e. The predicted molar refractivity (Wildman–Crippen MR) is 75.0 cm³/mol. The normalized spacial score (nSPS) is 10.3. The van der Waals surface area contributed by atoms with E-state index < -0.39 is 4.92 Å².